The third-order valence-electron chi connectivity index (χ3n) is 5.39. The van der Waals surface area contributed by atoms with Crippen LogP contribution in [0.5, 0.6) is 0 Å². The first-order chi connectivity index (χ1) is 15.9. The predicted octanol–water partition coefficient (Wildman–Crippen LogP) is 8.05. The van der Waals surface area contributed by atoms with E-state index in [1.165, 1.54) is 0 Å². The van der Waals surface area contributed by atoms with Gasteiger partial charge in [0.1, 0.15) is 5.82 Å². The van der Waals surface area contributed by atoms with Gasteiger partial charge in [0.15, 0.2) is 0 Å². The number of hydrogen-bond acceptors (Lipinski definition) is 2. The number of aromatic nitrogens is 2. The van der Waals surface area contributed by atoms with Crippen LogP contribution < -0.4 is 5.32 Å². The molecule has 0 unspecified atom stereocenters. The molecule has 0 fully saturated rings. The third-order valence-corrected chi connectivity index (χ3v) is 6.99. The number of carbonyl (C=O) groups is 1. The second-order valence-electron chi connectivity index (χ2n) is 7.67. The maximum absolute atomic E-state index is 12.8. The minimum atomic E-state index is -0.216. The zero-order valence-corrected chi connectivity index (χ0v) is 20.9. The van der Waals surface area contributed by atoms with Crippen molar-refractivity contribution in [2.45, 2.75) is 32.9 Å². The van der Waals surface area contributed by atoms with Gasteiger partial charge in [0.05, 0.1) is 31.1 Å². The number of nitrogens with zero attached hydrogens (tertiary/aromatic N) is 2. The average molecular weight is 521 g/mol. The van der Waals surface area contributed by atoms with Gasteiger partial charge in [0.2, 0.25) is 0 Å². The molecule has 0 atom stereocenters. The van der Waals surface area contributed by atoms with Crippen molar-refractivity contribution in [2.75, 3.05) is 0 Å². The van der Waals surface area contributed by atoms with Crippen molar-refractivity contribution in [3.63, 3.8) is 0 Å². The van der Waals surface area contributed by atoms with Crippen LogP contribution in [0.15, 0.2) is 54.6 Å². The van der Waals surface area contributed by atoms with Crippen LogP contribution in [0.25, 0.3) is 22.4 Å². The number of nitrogens with one attached hydrogen (secondary N) is 1. The van der Waals surface area contributed by atoms with Crippen molar-refractivity contribution in [1.82, 2.24) is 14.9 Å². The van der Waals surface area contributed by atoms with Gasteiger partial charge < -0.3 is 9.88 Å². The van der Waals surface area contributed by atoms with Crippen molar-refractivity contribution in [3.8, 4) is 11.4 Å². The molecule has 1 aromatic heterocycles. The molecule has 8 heteroatoms. The monoisotopic (exact) mass is 519 g/mol. The Labute approximate surface area is 212 Å². The highest BCUT2D eigenvalue weighted by Crippen LogP contribution is 2.31. The summed E-state index contributed by atoms with van der Waals surface area (Å²) in [6, 6.07) is 16.4. The van der Waals surface area contributed by atoms with Crippen molar-refractivity contribution in [1.29, 1.82) is 0 Å². The molecule has 0 saturated heterocycles. The number of benzene rings is 3. The van der Waals surface area contributed by atoms with Gasteiger partial charge in [0.25, 0.3) is 5.91 Å². The molecule has 0 bridgehead atoms. The number of unbranched alkanes of at least 4 members (excludes halogenated alkanes) is 1. The summed E-state index contributed by atoms with van der Waals surface area (Å²) < 4.78 is 2.16. The molecule has 4 rings (SSSR count). The van der Waals surface area contributed by atoms with E-state index >= 15 is 0 Å². The van der Waals surface area contributed by atoms with Gasteiger partial charge in [-0.15, -0.1) is 0 Å². The number of fused-ring (bicyclic) bond motifs is 1. The summed E-state index contributed by atoms with van der Waals surface area (Å²) >= 11 is 24.6. The molecule has 0 aliphatic carbocycles. The Bertz CT molecular complexity index is 1330. The highest BCUT2D eigenvalue weighted by molar-refractivity contribution is 6.42. The van der Waals surface area contributed by atoms with Crippen LogP contribution in [0.1, 0.15) is 35.7 Å². The van der Waals surface area contributed by atoms with E-state index in [9.17, 15) is 4.79 Å². The first-order valence-electron chi connectivity index (χ1n) is 10.6. The highest BCUT2D eigenvalue weighted by Gasteiger charge is 2.16. The number of halogens is 4. The molecular formula is C25H21Cl4N3O. The van der Waals surface area contributed by atoms with Gasteiger partial charge in [-0.25, -0.2) is 4.98 Å². The van der Waals surface area contributed by atoms with E-state index in [0.29, 0.717) is 25.7 Å². The summed E-state index contributed by atoms with van der Waals surface area (Å²) in [6.07, 6.45) is 2.05. The van der Waals surface area contributed by atoms with E-state index < -0.39 is 0 Å². The van der Waals surface area contributed by atoms with Crippen molar-refractivity contribution < 1.29 is 4.79 Å². The molecule has 0 saturated carbocycles. The third kappa shape index (κ3) is 5.15. The molecule has 170 valence electrons. The lowest BCUT2D eigenvalue weighted by molar-refractivity contribution is 0.0951. The second-order valence-corrected chi connectivity index (χ2v) is 9.27. The van der Waals surface area contributed by atoms with Gasteiger partial charge in [-0.2, -0.15) is 0 Å². The lowest BCUT2D eigenvalue weighted by Crippen LogP contribution is -2.22. The molecule has 4 aromatic rings. The standard InChI is InChI=1S/C25H21Cl4N3O/c1-2-3-11-32-22-10-8-16(25(33)30-14-17-5-4-6-19(27)23(17)29)13-21(22)31-24(32)15-7-9-18(26)20(28)12-15/h4-10,12-13H,2-3,11,14H2,1H3,(H,30,33). The summed E-state index contributed by atoms with van der Waals surface area (Å²) in [6.45, 7) is 3.23. The van der Waals surface area contributed by atoms with Gasteiger partial charge in [-0.3, -0.25) is 4.79 Å². The molecule has 4 nitrogen and oxygen atoms in total. The van der Waals surface area contributed by atoms with Gasteiger partial charge >= 0.3 is 0 Å². The maximum atomic E-state index is 12.8. The summed E-state index contributed by atoms with van der Waals surface area (Å²) in [7, 11) is 0. The van der Waals surface area contributed by atoms with Crippen LogP contribution in [-0.2, 0) is 13.1 Å². The van der Waals surface area contributed by atoms with Crippen LogP contribution in [0, 0.1) is 0 Å². The predicted molar refractivity (Wildman–Crippen MR) is 138 cm³/mol. The Morgan fingerprint density at radius 2 is 1.79 bits per heavy atom. The Hall–Kier alpha value is -2.24. The van der Waals surface area contributed by atoms with Crippen molar-refractivity contribution in [2.24, 2.45) is 0 Å². The van der Waals surface area contributed by atoms with Gasteiger partial charge in [-0.05, 0) is 54.4 Å². The first kappa shape index (κ1) is 23.9. The van der Waals surface area contributed by atoms with E-state index in [1.54, 1.807) is 30.3 Å². The Morgan fingerprint density at radius 1 is 0.970 bits per heavy atom. The molecule has 1 amide bonds. The van der Waals surface area contributed by atoms with E-state index in [-0.39, 0.29) is 12.5 Å². The SMILES string of the molecule is CCCCn1c(-c2ccc(Cl)c(Cl)c2)nc2cc(C(=O)NCc3cccc(Cl)c3Cl)ccc21. The molecule has 0 spiro atoms. The Kier molecular flexibility index (Phi) is 7.50. The second kappa shape index (κ2) is 10.4. The van der Waals surface area contributed by atoms with Crippen LogP contribution in [0.4, 0.5) is 0 Å². The van der Waals surface area contributed by atoms with Crippen LogP contribution in [0.2, 0.25) is 20.1 Å². The summed E-state index contributed by atoms with van der Waals surface area (Å²) in [5, 5.41) is 4.77. The normalized spacial score (nSPS) is 11.2. The largest absolute Gasteiger partial charge is 0.348 e. The summed E-state index contributed by atoms with van der Waals surface area (Å²) in [5.74, 6) is 0.576. The fourth-order valence-electron chi connectivity index (χ4n) is 3.63. The zero-order valence-electron chi connectivity index (χ0n) is 17.8. The van der Waals surface area contributed by atoms with Crippen LogP contribution in [-0.4, -0.2) is 15.5 Å². The van der Waals surface area contributed by atoms with Crippen LogP contribution >= 0.6 is 46.4 Å². The number of carbonyl (C=O) groups excluding carboxylic acids is 1. The average Bonchev–Trinajstić information content (AvgIpc) is 3.17. The van der Waals surface area contributed by atoms with Gasteiger partial charge in [-0.1, -0.05) is 71.9 Å². The zero-order chi connectivity index (χ0) is 23.5. The minimum Gasteiger partial charge on any atom is -0.348 e. The van der Waals surface area contributed by atoms with Gasteiger partial charge in [0, 0.05) is 24.2 Å². The fourth-order valence-corrected chi connectivity index (χ4v) is 4.32. The van der Waals surface area contributed by atoms with Crippen LogP contribution in [0.3, 0.4) is 0 Å². The number of amides is 1. The molecule has 1 N–H and O–H groups in total. The molecule has 0 aliphatic rings. The quantitative estimate of drug-likeness (QED) is 0.268. The van der Waals surface area contributed by atoms with E-state index in [1.807, 2.05) is 24.3 Å². The first-order valence-corrected chi connectivity index (χ1v) is 12.1. The molecule has 0 aliphatic heterocycles. The molecule has 1 heterocycles. The van der Waals surface area contributed by atoms with E-state index in [2.05, 4.69) is 16.8 Å². The Balaban J connectivity index is 1.65. The van der Waals surface area contributed by atoms with E-state index in [0.717, 1.165) is 47.4 Å². The molecule has 33 heavy (non-hydrogen) atoms. The molecular weight excluding hydrogens is 500 g/mol. The summed E-state index contributed by atoms with van der Waals surface area (Å²) in [5.41, 5.74) is 3.84. The number of aryl methyl sites for hydroxylation is 1. The fraction of sp³-hybridized carbons (Fsp3) is 0.200. The topological polar surface area (TPSA) is 46.9 Å². The smallest absolute Gasteiger partial charge is 0.251 e. The minimum absolute atomic E-state index is 0.216. The maximum Gasteiger partial charge on any atom is 0.251 e. The number of hydrogen-bond donors (Lipinski definition) is 1. The summed E-state index contributed by atoms with van der Waals surface area (Å²) in [4.78, 5) is 17.7. The molecule has 3 aromatic carbocycles. The lowest BCUT2D eigenvalue weighted by Gasteiger charge is -2.10. The Morgan fingerprint density at radius 3 is 2.55 bits per heavy atom. The van der Waals surface area contributed by atoms with E-state index in [4.69, 9.17) is 51.4 Å². The highest BCUT2D eigenvalue weighted by atomic mass is 35.5. The lowest BCUT2D eigenvalue weighted by atomic mass is 10.1. The van der Waals surface area contributed by atoms with Crippen molar-refractivity contribution >= 4 is 63.3 Å². The molecule has 0 radical (unpaired) electrons. The number of rotatable bonds is 7. The van der Waals surface area contributed by atoms with Crippen molar-refractivity contribution in [3.05, 3.63) is 85.8 Å². The number of imidazole rings is 1.